The summed E-state index contributed by atoms with van der Waals surface area (Å²) >= 11 is 12.2. The van der Waals surface area contributed by atoms with Crippen molar-refractivity contribution in [2.45, 2.75) is 18.7 Å². The highest BCUT2D eigenvalue weighted by molar-refractivity contribution is 6.31. The molecule has 2 amide bonds. The van der Waals surface area contributed by atoms with Crippen LogP contribution in [0.3, 0.4) is 0 Å². The molecule has 3 aromatic carbocycles. The molecule has 0 unspecified atom stereocenters. The zero-order valence-electron chi connectivity index (χ0n) is 20.9. The van der Waals surface area contributed by atoms with Gasteiger partial charge < -0.3 is 20.2 Å². The van der Waals surface area contributed by atoms with Crippen LogP contribution in [-0.4, -0.2) is 83.0 Å². The van der Waals surface area contributed by atoms with Gasteiger partial charge in [0.15, 0.2) is 0 Å². The van der Waals surface area contributed by atoms with Crippen molar-refractivity contribution in [1.82, 2.24) is 14.7 Å². The van der Waals surface area contributed by atoms with E-state index in [1.807, 2.05) is 35.2 Å². The number of rotatable bonds is 6. The average Bonchev–Trinajstić information content (AvgIpc) is 3.34. The molecule has 2 fully saturated rings. The van der Waals surface area contributed by atoms with E-state index >= 15 is 0 Å². The SMILES string of the molecule is O=C(c1ccc(Cl)cc1)N1CCN([C@@H]2CN(C(=O)c3ccc(Cl)cc3NCc3ccccc3)C[C@H]2O)CC1. The Morgan fingerprint density at radius 2 is 1.50 bits per heavy atom. The number of amides is 2. The second-order valence-corrected chi connectivity index (χ2v) is 10.6. The highest BCUT2D eigenvalue weighted by Gasteiger charge is 2.39. The highest BCUT2D eigenvalue weighted by atomic mass is 35.5. The first-order valence-corrected chi connectivity index (χ1v) is 13.5. The molecule has 9 heteroatoms. The van der Waals surface area contributed by atoms with Crippen molar-refractivity contribution in [3.05, 3.63) is 99.5 Å². The van der Waals surface area contributed by atoms with Gasteiger partial charge in [0.25, 0.3) is 11.8 Å². The molecule has 0 radical (unpaired) electrons. The van der Waals surface area contributed by atoms with Gasteiger partial charge in [0, 0.05) is 67.1 Å². The van der Waals surface area contributed by atoms with Crippen molar-refractivity contribution in [3.63, 3.8) is 0 Å². The van der Waals surface area contributed by atoms with Gasteiger partial charge >= 0.3 is 0 Å². The monoisotopic (exact) mass is 552 g/mol. The summed E-state index contributed by atoms with van der Waals surface area (Å²) < 4.78 is 0. The van der Waals surface area contributed by atoms with E-state index in [2.05, 4.69) is 10.2 Å². The molecule has 198 valence electrons. The molecule has 2 saturated heterocycles. The van der Waals surface area contributed by atoms with Crippen molar-refractivity contribution in [2.24, 2.45) is 0 Å². The van der Waals surface area contributed by atoms with E-state index in [4.69, 9.17) is 23.2 Å². The van der Waals surface area contributed by atoms with Gasteiger partial charge in [-0.25, -0.2) is 0 Å². The first-order valence-electron chi connectivity index (χ1n) is 12.7. The Morgan fingerprint density at radius 1 is 0.816 bits per heavy atom. The van der Waals surface area contributed by atoms with Crippen molar-refractivity contribution < 1.29 is 14.7 Å². The van der Waals surface area contributed by atoms with Crippen molar-refractivity contribution in [1.29, 1.82) is 0 Å². The minimum Gasteiger partial charge on any atom is -0.390 e. The van der Waals surface area contributed by atoms with Gasteiger partial charge in [-0.15, -0.1) is 0 Å². The smallest absolute Gasteiger partial charge is 0.256 e. The minimum absolute atomic E-state index is 0.0247. The number of hydrogen-bond donors (Lipinski definition) is 2. The van der Waals surface area contributed by atoms with Crippen LogP contribution in [0.15, 0.2) is 72.8 Å². The zero-order valence-corrected chi connectivity index (χ0v) is 22.4. The number of nitrogens with one attached hydrogen (secondary N) is 1. The van der Waals surface area contributed by atoms with Crippen LogP contribution < -0.4 is 5.32 Å². The molecule has 7 nitrogen and oxygen atoms in total. The summed E-state index contributed by atoms with van der Waals surface area (Å²) in [6.45, 7) is 3.63. The van der Waals surface area contributed by atoms with E-state index in [-0.39, 0.29) is 24.4 Å². The molecule has 2 atom stereocenters. The normalized spacial score (nSPS) is 20.0. The second-order valence-electron chi connectivity index (χ2n) is 9.71. The Morgan fingerprint density at radius 3 is 2.21 bits per heavy atom. The molecule has 0 aromatic heterocycles. The third-order valence-electron chi connectivity index (χ3n) is 7.25. The largest absolute Gasteiger partial charge is 0.390 e. The van der Waals surface area contributed by atoms with Gasteiger partial charge in [0.2, 0.25) is 0 Å². The fourth-order valence-corrected chi connectivity index (χ4v) is 5.44. The number of carbonyl (C=O) groups is 2. The molecule has 2 aliphatic heterocycles. The number of β-amino-alcohol motifs (C(OH)–C–C–N with tert-alkyl or cyclic N) is 1. The molecule has 2 heterocycles. The molecule has 5 rings (SSSR count). The van der Waals surface area contributed by atoms with Crippen LogP contribution in [0, 0.1) is 0 Å². The summed E-state index contributed by atoms with van der Waals surface area (Å²) in [6, 6.07) is 21.9. The lowest BCUT2D eigenvalue weighted by Crippen LogP contribution is -2.54. The number of aliphatic hydroxyl groups excluding tert-OH is 1. The molecule has 0 saturated carbocycles. The first kappa shape index (κ1) is 26.5. The topological polar surface area (TPSA) is 76.1 Å². The second kappa shape index (κ2) is 11.7. The maximum atomic E-state index is 13.5. The van der Waals surface area contributed by atoms with Crippen LogP contribution in [-0.2, 0) is 6.54 Å². The number of carbonyl (C=O) groups excluding carboxylic acids is 2. The molecule has 38 heavy (non-hydrogen) atoms. The van der Waals surface area contributed by atoms with Gasteiger partial charge in [0.05, 0.1) is 17.7 Å². The molecule has 0 aliphatic carbocycles. The lowest BCUT2D eigenvalue weighted by molar-refractivity contribution is 0.0376. The van der Waals surface area contributed by atoms with Crippen molar-refractivity contribution >= 4 is 40.7 Å². The third kappa shape index (κ3) is 5.97. The average molecular weight is 553 g/mol. The summed E-state index contributed by atoms with van der Waals surface area (Å²) in [5, 5.41) is 15.4. The number of aliphatic hydroxyl groups is 1. The predicted octanol–water partition coefficient (Wildman–Crippen LogP) is 4.25. The van der Waals surface area contributed by atoms with E-state index in [1.54, 1.807) is 47.4 Å². The summed E-state index contributed by atoms with van der Waals surface area (Å²) in [5.74, 6) is -0.168. The summed E-state index contributed by atoms with van der Waals surface area (Å²) in [7, 11) is 0. The molecule has 0 bridgehead atoms. The van der Waals surface area contributed by atoms with Gasteiger partial charge in [-0.3, -0.25) is 14.5 Å². The molecular weight excluding hydrogens is 523 g/mol. The number of anilines is 1. The third-order valence-corrected chi connectivity index (χ3v) is 7.73. The minimum atomic E-state index is -0.662. The number of likely N-dealkylation sites (tertiary alicyclic amines) is 1. The molecule has 0 spiro atoms. The number of hydrogen-bond acceptors (Lipinski definition) is 5. The Balaban J connectivity index is 1.21. The summed E-state index contributed by atoms with van der Waals surface area (Å²) in [6.07, 6.45) is -0.662. The van der Waals surface area contributed by atoms with Crippen LogP contribution in [0.25, 0.3) is 0 Å². The van der Waals surface area contributed by atoms with Gasteiger partial charge in [-0.05, 0) is 48.0 Å². The number of halogens is 2. The Kier molecular flexibility index (Phi) is 8.19. The van der Waals surface area contributed by atoms with E-state index in [0.717, 1.165) is 5.56 Å². The van der Waals surface area contributed by atoms with Crippen LogP contribution in [0.4, 0.5) is 5.69 Å². The summed E-state index contributed by atoms with van der Waals surface area (Å²) in [4.78, 5) is 32.1. The Hall–Kier alpha value is -3.10. The van der Waals surface area contributed by atoms with Gasteiger partial charge in [-0.2, -0.15) is 0 Å². The molecule has 2 N–H and O–H groups in total. The summed E-state index contributed by atoms with van der Waals surface area (Å²) in [5.41, 5.74) is 2.89. The van der Waals surface area contributed by atoms with Crippen LogP contribution in [0.5, 0.6) is 0 Å². The predicted molar refractivity (Wildman–Crippen MR) is 150 cm³/mol. The van der Waals surface area contributed by atoms with Gasteiger partial charge in [0.1, 0.15) is 0 Å². The molecule has 3 aromatic rings. The van der Waals surface area contributed by atoms with E-state index < -0.39 is 6.10 Å². The van der Waals surface area contributed by atoms with E-state index in [1.165, 1.54) is 0 Å². The van der Waals surface area contributed by atoms with Crippen molar-refractivity contribution in [3.8, 4) is 0 Å². The quantitative estimate of drug-likeness (QED) is 0.478. The van der Waals surface area contributed by atoms with Crippen LogP contribution >= 0.6 is 23.2 Å². The fraction of sp³-hybridized carbons (Fsp3) is 0.310. The maximum absolute atomic E-state index is 13.5. The Bertz CT molecular complexity index is 1280. The van der Waals surface area contributed by atoms with Gasteiger partial charge in [-0.1, -0.05) is 53.5 Å². The number of piperazine rings is 1. The molecule has 2 aliphatic rings. The highest BCUT2D eigenvalue weighted by Crippen LogP contribution is 2.27. The van der Waals surface area contributed by atoms with E-state index in [0.29, 0.717) is 66.1 Å². The van der Waals surface area contributed by atoms with Crippen molar-refractivity contribution in [2.75, 3.05) is 44.6 Å². The standard InChI is InChI=1S/C29H30Cl2N4O3/c30-22-8-6-21(7-9-22)28(37)34-14-12-33(13-15-34)26-18-35(19-27(26)36)29(38)24-11-10-23(31)16-25(24)32-17-20-4-2-1-3-5-20/h1-11,16,26-27,32,36H,12-15,17-19H2/t26-,27-/m1/s1. The lowest BCUT2D eigenvalue weighted by atomic mass is 10.1. The maximum Gasteiger partial charge on any atom is 0.256 e. The Labute approximate surface area is 232 Å². The first-order chi connectivity index (χ1) is 18.4. The van der Waals surface area contributed by atoms with Crippen LogP contribution in [0.1, 0.15) is 26.3 Å². The number of nitrogens with zero attached hydrogens (tertiary/aromatic N) is 3. The molecular formula is C29H30Cl2N4O3. The number of benzene rings is 3. The van der Waals surface area contributed by atoms with E-state index in [9.17, 15) is 14.7 Å². The van der Waals surface area contributed by atoms with Crippen LogP contribution in [0.2, 0.25) is 10.0 Å². The fourth-order valence-electron chi connectivity index (χ4n) is 5.14. The lowest BCUT2D eigenvalue weighted by Gasteiger charge is -2.38. The zero-order chi connectivity index (χ0) is 26.6.